The van der Waals surface area contributed by atoms with Gasteiger partial charge in [-0.3, -0.25) is 0 Å². The summed E-state index contributed by atoms with van der Waals surface area (Å²) in [5, 5.41) is 10.2. The van der Waals surface area contributed by atoms with Crippen molar-refractivity contribution in [2.75, 3.05) is 0 Å². The second-order valence-electron chi connectivity index (χ2n) is 6.89. The molecule has 22 heavy (non-hydrogen) atoms. The van der Waals surface area contributed by atoms with Gasteiger partial charge in [0.25, 0.3) is 0 Å². The van der Waals surface area contributed by atoms with E-state index in [2.05, 4.69) is 56.3 Å². The van der Waals surface area contributed by atoms with Gasteiger partial charge in [0, 0.05) is 5.92 Å². The summed E-state index contributed by atoms with van der Waals surface area (Å²) in [6, 6.07) is 15.1. The molecule has 1 fully saturated rings. The van der Waals surface area contributed by atoms with E-state index in [-0.39, 0.29) is 12.2 Å². The predicted molar refractivity (Wildman–Crippen MR) is 87.2 cm³/mol. The molecule has 4 atom stereocenters. The Morgan fingerprint density at radius 2 is 1.68 bits per heavy atom. The minimum Gasteiger partial charge on any atom is -0.485 e. The maximum Gasteiger partial charge on any atom is 0.127 e. The van der Waals surface area contributed by atoms with Crippen LogP contribution in [0.25, 0.3) is 0 Å². The lowest BCUT2D eigenvalue weighted by atomic mass is 9.79. The van der Waals surface area contributed by atoms with Crippen molar-refractivity contribution in [3.05, 3.63) is 64.7 Å². The fourth-order valence-corrected chi connectivity index (χ4v) is 4.10. The van der Waals surface area contributed by atoms with Crippen molar-refractivity contribution in [3.8, 4) is 5.75 Å². The van der Waals surface area contributed by atoms with Gasteiger partial charge in [0.2, 0.25) is 0 Å². The highest BCUT2D eigenvalue weighted by molar-refractivity contribution is 5.44. The Kier molecular flexibility index (Phi) is 3.23. The van der Waals surface area contributed by atoms with Gasteiger partial charge >= 0.3 is 0 Å². The molecular weight excluding hydrogens is 272 g/mol. The van der Waals surface area contributed by atoms with Crippen LogP contribution < -0.4 is 4.74 Å². The molecule has 114 valence electrons. The Balaban J connectivity index is 1.78. The molecule has 1 saturated carbocycles. The van der Waals surface area contributed by atoms with Crippen LogP contribution in [0, 0.1) is 19.8 Å². The third kappa shape index (κ3) is 2.22. The number of aryl methyl sites for hydroxylation is 2. The third-order valence-electron chi connectivity index (χ3n) is 5.20. The summed E-state index contributed by atoms with van der Waals surface area (Å²) in [4.78, 5) is 0. The van der Waals surface area contributed by atoms with Gasteiger partial charge in [-0.15, -0.1) is 0 Å². The highest BCUT2D eigenvalue weighted by Crippen LogP contribution is 2.53. The SMILES string of the molecule is Cc1ccc([C@H]2Oc3ccc(C)cc3[C@H]3C[C@@H](O)C[C@H]32)cc1. The van der Waals surface area contributed by atoms with E-state index in [4.69, 9.17) is 4.74 Å². The normalized spacial score (nSPS) is 29.6. The van der Waals surface area contributed by atoms with Crippen molar-refractivity contribution in [1.82, 2.24) is 0 Å². The topological polar surface area (TPSA) is 29.5 Å². The highest BCUT2D eigenvalue weighted by Gasteiger charge is 2.45. The lowest BCUT2D eigenvalue weighted by Crippen LogP contribution is -2.26. The number of fused-ring (bicyclic) bond motifs is 3. The molecular formula is C20H22O2. The van der Waals surface area contributed by atoms with Gasteiger partial charge < -0.3 is 9.84 Å². The molecule has 0 radical (unpaired) electrons. The van der Waals surface area contributed by atoms with Gasteiger partial charge in [-0.05, 0) is 49.8 Å². The molecule has 1 aliphatic carbocycles. The fraction of sp³-hybridized carbons (Fsp3) is 0.400. The zero-order valence-corrected chi connectivity index (χ0v) is 13.1. The standard InChI is InChI=1S/C20H22O2/c1-12-3-6-14(7-4-12)20-18-11-15(21)10-16(18)17-9-13(2)5-8-19(17)22-20/h3-9,15-16,18,20-21H,10-11H2,1-2H3/t15-,16-,18-,20-/m1/s1. The number of hydrogen-bond acceptors (Lipinski definition) is 2. The molecule has 0 unspecified atom stereocenters. The van der Waals surface area contributed by atoms with Gasteiger partial charge in [-0.1, -0.05) is 47.5 Å². The van der Waals surface area contributed by atoms with E-state index in [1.54, 1.807) is 0 Å². The molecule has 0 bridgehead atoms. The van der Waals surface area contributed by atoms with Gasteiger partial charge in [-0.25, -0.2) is 0 Å². The van der Waals surface area contributed by atoms with Crippen LogP contribution >= 0.6 is 0 Å². The number of aliphatic hydroxyl groups excluding tert-OH is 1. The van der Waals surface area contributed by atoms with E-state index < -0.39 is 0 Å². The van der Waals surface area contributed by atoms with Crippen molar-refractivity contribution >= 4 is 0 Å². The summed E-state index contributed by atoms with van der Waals surface area (Å²) in [6.45, 7) is 4.22. The number of hydrogen-bond donors (Lipinski definition) is 1. The molecule has 0 saturated heterocycles. The number of rotatable bonds is 1. The molecule has 2 nitrogen and oxygen atoms in total. The van der Waals surface area contributed by atoms with Gasteiger partial charge in [0.05, 0.1) is 6.10 Å². The molecule has 1 heterocycles. The van der Waals surface area contributed by atoms with Crippen molar-refractivity contribution in [2.24, 2.45) is 5.92 Å². The Hall–Kier alpha value is -1.80. The van der Waals surface area contributed by atoms with Crippen LogP contribution in [0.4, 0.5) is 0 Å². The van der Waals surface area contributed by atoms with Crippen LogP contribution in [0.15, 0.2) is 42.5 Å². The summed E-state index contributed by atoms with van der Waals surface area (Å²) < 4.78 is 6.36. The zero-order valence-electron chi connectivity index (χ0n) is 13.1. The molecule has 0 aromatic heterocycles. The Labute approximate surface area is 131 Å². The first-order valence-corrected chi connectivity index (χ1v) is 8.13. The van der Waals surface area contributed by atoms with E-state index in [0.717, 1.165) is 18.6 Å². The van der Waals surface area contributed by atoms with Crippen LogP contribution in [-0.4, -0.2) is 11.2 Å². The Morgan fingerprint density at radius 1 is 0.955 bits per heavy atom. The third-order valence-corrected chi connectivity index (χ3v) is 5.20. The average molecular weight is 294 g/mol. The van der Waals surface area contributed by atoms with Crippen LogP contribution in [-0.2, 0) is 0 Å². The monoisotopic (exact) mass is 294 g/mol. The van der Waals surface area contributed by atoms with Gasteiger partial charge in [0.1, 0.15) is 11.9 Å². The van der Waals surface area contributed by atoms with Crippen LogP contribution in [0.3, 0.4) is 0 Å². The van der Waals surface area contributed by atoms with E-state index >= 15 is 0 Å². The minimum atomic E-state index is -0.210. The summed E-state index contributed by atoms with van der Waals surface area (Å²) in [5.41, 5.74) is 5.03. The summed E-state index contributed by atoms with van der Waals surface area (Å²) >= 11 is 0. The minimum absolute atomic E-state index is 0.0537. The molecule has 0 spiro atoms. The summed E-state index contributed by atoms with van der Waals surface area (Å²) in [7, 11) is 0. The number of ether oxygens (including phenoxy) is 1. The zero-order chi connectivity index (χ0) is 15.3. The van der Waals surface area contributed by atoms with Gasteiger partial charge in [-0.2, -0.15) is 0 Å². The largest absolute Gasteiger partial charge is 0.485 e. The first-order chi connectivity index (χ1) is 10.6. The molecule has 2 heteroatoms. The summed E-state index contributed by atoms with van der Waals surface area (Å²) in [5.74, 6) is 1.77. The molecule has 2 aromatic rings. The smallest absolute Gasteiger partial charge is 0.127 e. The highest BCUT2D eigenvalue weighted by atomic mass is 16.5. The Bertz CT molecular complexity index is 689. The Morgan fingerprint density at radius 3 is 2.45 bits per heavy atom. The van der Waals surface area contributed by atoms with Gasteiger partial charge in [0.15, 0.2) is 0 Å². The van der Waals surface area contributed by atoms with E-state index in [0.29, 0.717) is 11.8 Å². The quantitative estimate of drug-likeness (QED) is 0.850. The van der Waals surface area contributed by atoms with E-state index in [1.165, 1.54) is 22.3 Å². The first-order valence-electron chi connectivity index (χ1n) is 8.13. The van der Waals surface area contributed by atoms with Crippen LogP contribution in [0.1, 0.15) is 47.1 Å². The number of aliphatic hydroxyl groups is 1. The maximum atomic E-state index is 10.2. The van der Waals surface area contributed by atoms with Crippen LogP contribution in [0.2, 0.25) is 0 Å². The molecule has 1 aliphatic heterocycles. The first kappa shape index (κ1) is 13.8. The molecule has 0 amide bonds. The van der Waals surface area contributed by atoms with E-state index in [1.807, 2.05) is 0 Å². The van der Waals surface area contributed by atoms with E-state index in [9.17, 15) is 5.11 Å². The summed E-state index contributed by atoms with van der Waals surface area (Å²) in [6.07, 6.45) is 1.53. The number of benzene rings is 2. The van der Waals surface area contributed by atoms with Crippen molar-refractivity contribution in [3.63, 3.8) is 0 Å². The molecule has 4 rings (SSSR count). The maximum absolute atomic E-state index is 10.2. The predicted octanol–water partition coefficient (Wildman–Crippen LogP) is 4.29. The van der Waals surface area contributed by atoms with Crippen molar-refractivity contribution in [2.45, 2.75) is 44.8 Å². The fourth-order valence-electron chi connectivity index (χ4n) is 4.10. The lowest BCUT2D eigenvalue weighted by Gasteiger charge is -2.36. The van der Waals surface area contributed by atoms with Crippen LogP contribution in [0.5, 0.6) is 5.75 Å². The van der Waals surface area contributed by atoms with Crippen molar-refractivity contribution in [1.29, 1.82) is 0 Å². The second kappa shape index (κ2) is 5.13. The van der Waals surface area contributed by atoms with Crippen molar-refractivity contribution < 1.29 is 9.84 Å². The molecule has 2 aromatic carbocycles. The average Bonchev–Trinajstić information content (AvgIpc) is 2.89. The molecule has 2 aliphatic rings. The molecule has 1 N–H and O–H groups in total. The lowest BCUT2D eigenvalue weighted by molar-refractivity contribution is 0.0962. The second-order valence-corrected chi connectivity index (χ2v) is 6.89.